The molecule has 106 valence electrons. The summed E-state index contributed by atoms with van der Waals surface area (Å²) < 4.78 is 1.68. The number of rotatable bonds is 3. The van der Waals surface area contributed by atoms with Crippen LogP contribution >= 0.6 is 0 Å². The molecule has 3 aromatic rings. The van der Waals surface area contributed by atoms with E-state index in [0.29, 0.717) is 5.69 Å². The zero-order valence-corrected chi connectivity index (χ0v) is 12.1. The summed E-state index contributed by atoms with van der Waals surface area (Å²) in [6.07, 6.45) is 0.866. The van der Waals surface area contributed by atoms with Crippen molar-refractivity contribution in [1.82, 2.24) is 15.0 Å². The highest BCUT2D eigenvalue weighted by atomic mass is 16.3. The molecular weight excluding hydrogens is 262 g/mol. The SMILES string of the molecule is Cc1cccc(C)c1C(O)c1cnnn1-c1ccccc1. The number of nitrogens with zero attached hydrogens (tertiary/aromatic N) is 3. The molecule has 1 aromatic heterocycles. The lowest BCUT2D eigenvalue weighted by molar-refractivity contribution is 0.210. The van der Waals surface area contributed by atoms with Crippen molar-refractivity contribution in [3.8, 4) is 5.69 Å². The van der Waals surface area contributed by atoms with Crippen LogP contribution < -0.4 is 0 Å². The predicted octanol–water partition coefficient (Wildman–Crippen LogP) is 2.97. The van der Waals surface area contributed by atoms with Gasteiger partial charge in [-0.05, 0) is 42.7 Å². The smallest absolute Gasteiger partial charge is 0.123 e. The monoisotopic (exact) mass is 279 g/mol. The first-order chi connectivity index (χ1) is 10.2. The van der Waals surface area contributed by atoms with Gasteiger partial charge in [0.2, 0.25) is 0 Å². The minimum Gasteiger partial charge on any atom is -0.382 e. The summed E-state index contributed by atoms with van der Waals surface area (Å²) in [7, 11) is 0. The molecule has 0 spiro atoms. The van der Waals surface area contributed by atoms with Crippen molar-refractivity contribution in [2.24, 2.45) is 0 Å². The van der Waals surface area contributed by atoms with E-state index >= 15 is 0 Å². The minimum atomic E-state index is -0.749. The van der Waals surface area contributed by atoms with Crippen LogP contribution in [0.15, 0.2) is 54.7 Å². The van der Waals surface area contributed by atoms with Gasteiger partial charge in [0.05, 0.1) is 17.6 Å². The van der Waals surface area contributed by atoms with Gasteiger partial charge in [0.1, 0.15) is 6.10 Å². The Morgan fingerprint density at radius 3 is 2.29 bits per heavy atom. The third kappa shape index (κ3) is 2.45. The maximum atomic E-state index is 10.8. The molecule has 4 heteroatoms. The largest absolute Gasteiger partial charge is 0.382 e. The van der Waals surface area contributed by atoms with Crippen molar-refractivity contribution in [1.29, 1.82) is 0 Å². The van der Waals surface area contributed by atoms with E-state index in [-0.39, 0.29) is 0 Å². The second kappa shape index (κ2) is 5.50. The van der Waals surface area contributed by atoms with Crippen LogP contribution in [0, 0.1) is 13.8 Å². The average molecular weight is 279 g/mol. The van der Waals surface area contributed by atoms with Gasteiger partial charge in [-0.1, -0.05) is 41.6 Å². The normalized spacial score (nSPS) is 12.3. The lowest BCUT2D eigenvalue weighted by Gasteiger charge is -2.17. The summed E-state index contributed by atoms with van der Waals surface area (Å²) in [5.74, 6) is 0. The molecule has 0 amide bonds. The van der Waals surface area contributed by atoms with Crippen molar-refractivity contribution in [3.63, 3.8) is 0 Å². The summed E-state index contributed by atoms with van der Waals surface area (Å²) in [6.45, 7) is 4.00. The second-order valence-corrected chi connectivity index (χ2v) is 5.11. The first kappa shape index (κ1) is 13.5. The fourth-order valence-corrected chi connectivity index (χ4v) is 2.61. The third-order valence-corrected chi connectivity index (χ3v) is 3.67. The molecule has 1 unspecified atom stereocenters. The van der Waals surface area contributed by atoms with Gasteiger partial charge in [0, 0.05) is 0 Å². The highest BCUT2D eigenvalue weighted by molar-refractivity contribution is 5.40. The van der Waals surface area contributed by atoms with Crippen molar-refractivity contribution in [2.75, 3.05) is 0 Å². The molecule has 4 nitrogen and oxygen atoms in total. The maximum absolute atomic E-state index is 10.8. The van der Waals surface area contributed by atoms with Crippen LogP contribution in [0.1, 0.15) is 28.5 Å². The molecular formula is C17H17N3O. The molecule has 0 bridgehead atoms. The zero-order valence-electron chi connectivity index (χ0n) is 12.1. The maximum Gasteiger partial charge on any atom is 0.123 e. The van der Waals surface area contributed by atoms with Gasteiger partial charge < -0.3 is 5.11 Å². The van der Waals surface area contributed by atoms with Crippen LogP contribution in [0.4, 0.5) is 0 Å². The lowest BCUT2D eigenvalue weighted by atomic mass is 9.96. The van der Waals surface area contributed by atoms with Crippen molar-refractivity contribution in [3.05, 3.63) is 77.1 Å². The van der Waals surface area contributed by atoms with E-state index in [1.54, 1.807) is 10.9 Å². The number of aryl methyl sites for hydroxylation is 2. The van der Waals surface area contributed by atoms with E-state index in [1.807, 2.05) is 62.4 Å². The molecule has 0 fully saturated rings. The van der Waals surface area contributed by atoms with E-state index < -0.39 is 6.10 Å². The van der Waals surface area contributed by atoms with Gasteiger partial charge in [-0.3, -0.25) is 0 Å². The molecule has 0 radical (unpaired) electrons. The van der Waals surface area contributed by atoms with Gasteiger partial charge in [0.15, 0.2) is 0 Å². The van der Waals surface area contributed by atoms with Crippen LogP contribution in [-0.2, 0) is 0 Å². The summed E-state index contributed by atoms with van der Waals surface area (Å²) in [6, 6.07) is 15.7. The highest BCUT2D eigenvalue weighted by Gasteiger charge is 2.20. The summed E-state index contributed by atoms with van der Waals surface area (Å²) in [4.78, 5) is 0. The fourth-order valence-electron chi connectivity index (χ4n) is 2.61. The predicted molar refractivity (Wildman–Crippen MR) is 81.3 cm³/mol. The molecule has 1 heterocycles. The van der Waals surface area contributed by atoms with E-state index in [0.717, 1.165) is 22.4 Å². The Kier molecular flexibility index (Phi) is 3.54. The van der Waals surface area contributed by atoms with Crippen LogP contribution in [0.3, 0.4) is 0 Å². The van der Waals surface area contributed by atoms with Crippen molar-refractivity contribution < 1.29 is 5.11 Å². The quantitative estimate of drug-likeness (QED) is 0.802. The van der Waals surface area contributed by atoms with Gasteiger partial charge in [0.25, 0.3) is 0 Å². The molecule has 3 rings (SSSR count). The first-order valence-corrected chi connectivity index (χ1v) is 6.88. The van der Waals surface area contributed by atoms with Crippen LogP contribution in [-0.4, -0.2) is 20.1 Å². The van der Waals surface area contributed by atoms with Gasteiger partial charge in [-0.2, -0.15) is 0 Å². The number of hydrogen-bond acceptors (Lipinski definition) is 3. The summed E-state index contributed by atoms with van der Waals surface area (Å²) in [5, 5.41) is 18.8. The molecule has 0 aliphatic rings. The number of aromatic nitrogens is 3. The first-order valence-electron chi connectivity index (χ1n) is 6.88. The van der Waals surface area contributed by atoms with Crippen LogP contribution in [0.25, 0.3) is 5.69 Å². The Morgan fingerprint density at radius 2 is 1.62 bits per heavy atom. The number of para-hydroxylation sites is 1. The molecule has 0 saturated carbocycles. The average Bonchev–Trinajstić information content (AvgIpc) is 2.97. The molecule has 1 atom stereocenters. The van der Waals surface area contributed by atoms with Gasteiger partial charge in [-0.25, -0.2) is 4.68 Å². The Bertz CT molecular complexity index is 729. The molecule has 1 N–H and O–H groups in total. The van der Waals surface area contributed by atoms with E-state index in [9.17, 15) is 5.11 Å². The molecule has 0 saturated heterocycles. The Labute approximate surface area is 123 Å². The number of benzene rings is 2. The number of aliphatic hydroxyl groups is 1. The number of hydrogen-bond donors (Lipinski definition) is 1. The standard InChI is InChI=1S/C17H17N3O/c1-12-7-6-8-13(2)16(12)17(21)15-11-18-19-20(15)14-9-4-3-5-10-14/h3-11,17,21H,1-2H3. The van der Waals surface area contributed by atoms with E-state index in [1.165, 1.54) is 0 Å². The van der Waals surface area contributed by atoms with Gasteiger partial charge in [-0.15, -0.1) is 5.10 Å². The molecule has 21 heavy (non-hydrogen) atoms. The third-order valence-electron chi connectivity index (χ3n) is 3.67. The lowest BCUT2D eigenvalue weighted by Crippen LogP contribution is -2.11. The molecule has 0 aliphatic carbocycles. The van der Waals surface area contributed by atoms with Crippen LogP contribution in [0.5, 0.6) is 0 Å². The topological polar surface area (TPSA) is 50.9 Å². The highest BCUT2D eigenvalue weighted by Crippen LogP contribution is 2.28. The fraction of sp³-hybridized carbons (Fsp3) is 0.176. The Balaban J connectivity index is 2.08. The van der Waals surface area contributed by atoms with E-state index in [2.05, 4.69) is 10.3 Å². The summed E-state index contributed by atoms with van der Waals surface area (Å²) >= 11 is 0. The molecule has 2 aromatic carbocycles. The summed E-state index contributed by atoms with van der Waals surface area (Å²) in [5.41, 5.74) is 4.58. The Morgan fingerprint density at radius 1 is 0.952 bits per heavy atom. The van der Waals surface area contributed by atoms with Gasteiger partial charge >= 0.3 is 0 Å². The van der Waals surface area contributed by atoms with Crippen molar-refractivity contribution in [2.45, 2.75) is 20.0 Å². The molecule has 0 aliphatic heterocycles. The number of aliphatic hydroxyl groups excluding tert-OH is 1. The minimum absolute atomic E-state index is 0.665. The zero-order chi connectivity index (χ0) is 14.8. The van der Waals surface area contributed by atoms with Crippen molar-refractivity contribution >= 4 is 0 Å². The second-order valence-electron chi connectivity index (χ2n) is 5.11. The van der Waals surface area contributed by atoms with E-state index in [4.69, 9.17) is 0 Å². The van der Waals surface area contributed by atoms with Crippen LogP contribution in [0.2, 0.25) is 0 Å². The Hall–Kier alpha value is -2.46.